The van der Waals surface area contributed by atoms with Gasteiger partial charge in [-0.25, -0.2) is 0 Å². The number of rotatable bonds is 4. The second kappa shape index (κ2) is 5.83. The van der Waals surface area contributed by atoms with Gasteiger partial charge in [0.15, 0.2) is 0 Å². The summed E-state index contributed by atoms with van der Waals surface area (Å²) in [7, 11) is 0. The highest BCUT2D eigenvalue weighted by molar-refractivity contribution is 5.85. The van der Waals surface area contributed by atoms with E-state index in [1.807, 2.05) is 6.92 Å². The summed E-state index contributed by atoms with van der Waals surface area (Å²) in [5.41, 5.74) is 7.95. The molecule has 0 unspecified atom stereocenters. The predicted molar refractivity (Wildman–Crippen MR) is 78.7 cm³/mol. The lowest BCUT2D eigenvalue weighted by molar-refractivity contribution is 0.149. The van der Waals surface area contributed by atoms with Crippen LogP contribution < -0.4 is 5.73 Å². The van der Waals surface area contributed by atoms with Gasteiger partial charge in [-0.1, -0.05) is 12.1 Å². The average molecular weight is 279 g/mol. The zero-order valence-electron chi connectivity index (χ0n) is 12.6. The fourth-order valence-electron chi connectivity index (χ4n) is 2.81. The van der Waals surface area contributed by atoms with Crippen molar-refractivity contribution in [1.29, 1.82) is 0 Å². The molecule has 1 aliphatic rings. The Hall–Kier alpha value is -1.56. The SMILES string of the molecule is CCn1nc(C)cc1CN1CCC(C)(/C(N)=N/O)CC1. The van der Waals surface area contributed by atoms with Crippen molar-refractivity contribution in [1.82, 2.24) is 14.7 Å². The van der Waals surface area contributed by atoms with Crippen molar-refractivity contribution in [2.45, 2.75) is 46.7 Å². The summed E-state index contributed by atoms with van der Waals surface area (Å²) in [6, 6.07) is 2.15. The van der Waals surface area contributed by atoms with Crippen molar-refractivity contribution >= 4 is 5.84 Å². The van der Waals surface area contributed by atoms with Gasteiger partial charge in [0.2, 0.25) is 0 Å². The summed E-state index contributed by atoms with van der Waals surface area (Å²) < 4.78 is 2.06. The summed E-state index contributed by atoms with van der Waals surface area (Å²) in [5, 5.41) is 16.5. The quantitative estimate of drug-likeness (QED) is 0.379. The van der Waals surface area contributed by atoms with Gasteiger partial charge in [-0.05, 0) is 45.8 Å². The normalized spacial score (nSPS) is 20.2. The van der Waals surface area contributed by atoms with Gasteiger partial charge in [-0.3, -0.25) is 9.58 Å². The first kappa shape index (κ1) is 14.8. The highest BCUT2D eigenvalue weighted by Gasteiger charge is 2.34. The van der Waals surface area contributed by atoms with Crippen molar-refractivity contribution in [2.75, 3.05) is 13.1 Å². The van der Waals surface area contributed by atoms with Crippen LogP contribution in [0.1, 0.15) is 38.1 Å². The third-order valence-corrected chi connectivity index (χ3v) is 4.36. The Morgan fingerprint density at radius 1 is 1.50 bits per heavy atom. The Balaban J connectivity index is 1.98. The van der Waals surface area contributed by atoms with Gasteiger partial charge in [-0.2, -0.15) is 5.10 Å². The summed E-state index contributed by atoms with van der Waals surface area (Å²) >= 11 is 0. The second-order valence-corrected chi connectivity index (χ2v) is 5.91. The lowest BCUT2D eigenvalue weighted by Crippen LogP contribution is -2.45. The summed E-state index contributed by atoms with van der Waals surface area (Å²) in [4.78, 5) is 2.41. The largest absolute Gasteiger partial charge is 0.409 e. The number of hydrogen-bond donors (Lipinski definition) is 2. The molecule has 0 atom stereocenters. The van der Waals surface area contributed by atoms with Crippen molar-refractivity contribution in [3.63, 3.8) is 0 Å². The Morgan fingerprint density at radius 3 is 2.70 bits per heavy atom. The van der Waals surface area contributed by atoms with E-state index in [0.29, 0.717) is 5.84 Å². The third kappa shape index (κ3) is 2.95. The van der Waals surface area contributed by atoms with Crippen LogP contribution in [0.5, 0.6) is 0 Å². The summed E-state index contributed by atoms with van der Waals surface area (Å²) in [6.45, 7) is 9.95. The lowest BCUT2D eigenvalue weighted by Gasteiger charge is -2.38. The number of nitrogens with two attached hydrogens (primary N) is 1. The molecule has 1 fully saturated rings. The van der Waals surface area contributed by atoms with E-state index in [0.717, 1.165) is 44.7 Å². The Kier molecular flexibility index (Phi) is 4.32. The Labute approximate surface area is 120 Å². The van der Waals surface area contributed by atoms with Crippen LogP contribution in [0.4, 0.5) is 0 Å². The maximum Gasteiger partial charge on any atom is 0.145 e. The zero-order chi connectivity index (χ0) is 14.8. The molecule has 1 aromatic rings. The number of nitrogens with zero attached hydrogens (tertiary/aromatic N) is 4. The highest BCUT2D eigenvalue weighted by Crippen LogP contribution is 2.31. The van der Waals surface area contributed by atoms with Crippen LogP contribution in [0.2, 0.25) is 0 Å². The monoisotopic (exact) mass is 279 g/mol. The average Bonchev–Trinajstić information content (AvgIpc) is 2.80. The maximum atomic E-state index is 8.86. The van der Waals surface area contributed by atoms with Crippen molar-refractivity contribution in [2.24, 2.45) is 16.3 Å². The van der Waals surface area contributed by atoms with E-state index in [9.17, 15) is 0 Å². The van der Waals surface area contributed by atoms with Gasteiger partial charge >= 0.3 is 0 Å². The van der Waals surface area contributed by atoms with Gasteiger partial charge in [0, 0.05) is 18.5 Å². The minimum atomic E-state index is -0.174. The minimum absolute atomic E-state index is 0.174. The first-order valence-electron chi connectivity index (χ1n) is 7.22. The van der Waals surface area contributed by atoms with Gasteiger partial charge in [0.25, 0.3) is 0 Å². The van der Waals surface area contributed by atoms with Gasteiger partial charge < -0.3 is 10.9 Å². The molecule has 0 aromatic carbocycles. The topological polar surface area (TPSA) is 79.7 Å². The number of aromatic nitrogens is 2. The summed E-state index contributed by atoms with van der Waals surface area (Å²) in [6.07, 6.45) is 1.84. The van der Waals surface area contributed by atoms with Gasteiger partial charge in [-0.15, -0.1) is 0 Å². The number of piperidine rings is 1. The molecular formula is C14H25N5O. The molecule has 0 radical (unpaired) electrons. The van der Waals surface area contributed by atoms with Crippen LogP contribution in [0.25, 0.3) is 0 Å². The van der Waals surface area contributed by atoms with Crippen molar-refractivity contribution < 1.29 is 5.21 Å². The predicted octanol–water partition coefficient (Wildman–Crippen LogP) is 1.56. The fourth-order valence-corrected chi connectivity index (χ4v) is 2.81. The number of hydrogen-bond acceptors (Lipinski definition) is 4. The Morgan fingerprint density at radius 2 is 2.15 bits per heavy atom. The van der Waals surface area contributed by atoms with E-state index in [-0.39, 0.29) is 5.41 Å². The molecule has 0 saturated carbocycles. The molecule has 0 spiro atoms. The van der Waals surface area contributed by atoms with Gasteiger partial charge in [0.1, 0.15) is 5.84 Å². The lowest BCUT2D eigenvalue weighted by atomic mass is 9.79. The molecular weight excluding hydrogens is 254 g/mol. The van der Waals surface area contributed by atoms with Crippen molar-refractivity contribution in [3.05, 3.63) is 17.5 Å². The Bertz CT molecular complexity index is 486. The van der Waals surface area contributed by atoms with Crippen LogP contribution in [0.3, 0.4) is 0 Å². The fraction of sp³-hybridized carbons (Fsp3) is 0.714. The molecule has 0 aliphatic carbocycles. The first-order valence-corrected chi connectivity index (χ1v) is 7.22. The second-order valence-electron chi connectivity index (χ2n) is 5.91. The third-order valence-electron chi connectivity index (χ3n) is 4.36. The summed E-state index contributed by atoms with van der Waals surface area (Å²) in [5.74, 6) is 0.353. The number of aryl methyl sites for hydroxylation is 2. The number of oxime groups is 1. The van der Waals surface area contributed by atoms with Crippen LogP contribution in [0.15, 0.2) is 11.2 Å². The molecule has 2 rings (SSSR count). The molecule has 6 nitrogen and oxygen atoms in total. The van der Waals surface area contributed by atoms with E-state index in [4.69, 9.17) is 10.9 Å². The van der Waals surface area contributed by atoms with E-state index >= 15 is 0 Å². The molecule has 0 bridgehead atoms. The molecule has 2 heterocycles. The van der Waals surface area contributed by atoms with Crippen LogP contribution in [-0.4, -0.2) is 38.8 Å². The van der Waals surface area contributed by atoms with E-state index in [2.05, 4.69) is 39.7 Å². The van der Waals surface area contributed by atoms with Crippen LogP contribution in [0, 0.1) is 12.3 Å². The molecule has 20 heavy (non-hydrogen) atoms. The number of likely N-dealkylation sites (tertiary alicyclic amines) is 1. The zero-order valence-corrected chi connectivity index (χ0v) is 12.6. The highest BCUT2D eigenvalue weighted by atomic mass is 16.4. The molecule has 6 heteroatoms. The van der Waals surface area contributed by atoms with Crippen LogP contribution in [-0.2, 0) is 13.1 Å². The molecule has 1 aromatic heterocycles. The number of amidine groups is 1. The maximum absolute atomic E-state index is 8.86. The molecule has 1 aliphatic heterocycles. The standard InChI is InChI=1S/C14H25N5O/c1-4-19-12(9-11(2)16-19)10-18-7-5-14(3,6-8-18)13(15)17-20/h9,20H,4-8,10H2,1-3H3,(H2,15,17). The van der Waals surface area contributed by atoms with Crippen LogP contribution >= 0.6 is 0 Å². The van der Waals surface area contributed by atoms with E-state index < -0.39 is 0 Å². The van der Waals surface area contributed by atoms with Gasteiger partial charge in [0.05, 0.1) is 11.4 Å². The molecule has 0 amide bonds. The van der Waals surface area contributed by atoms with E-state index in [1.54, 1.807) is 0 Å². The van der Waals surface area contributed by atoms with E-state index in [1.165, 1.54) is 5.69 Å². The minimum Gasteiger partial charge on any atom is -0.409 e. The molecule has 1 saturated heterocycles. The molecule has 3 N–H and O–H groups in total. The van der Waals surface area contributed by atoms with Crippen molar-refractivity contribution in [3.8, 4) is 0 Å². The molecule has 112 valence electrons. The first-order chi connectivity index (χ1) is 9.48. The smallest absolute Gasteiger partial charge is 0.145 e.